The van der Waals surface area contributed by atoms with Gasteiger partial charge in [0.2, 0.25) is 0 Å². The maximum absolute atomic E-state index is 12.4. The number of hydrogen-bond donors (Lipinski definition) is 0. The van der Waals surface area contributed by atoms with Crippen LogP contribution in [0, 0.1) is 0 Å². The van der Waals surface area contributed by atoms with Gasteiger partial charge in [0.1, 0.15) is 0 Å². The van der Waals surface area contributed by atoms with Crippen LogP contribution in [0.15, 0.2) is 70.5 Å². The van der Waals surface area contributed by atoms with E-state index >= 15 is 0 Å². The van der Waals surface area contributed by atoms with Crippen LogP contribution in [-0.2, 0) is 28.6 Å². The van der Waals surface area contributed by atoms with Crippen LogP contribution in [0.2, 0.25) is 0 Å². The molecule has 0 fully saturated rings. The quantitative estimate of drug-likeness (QED) is 0.553. The molecule has 2 aromatic rings. The Morgan fingerprint density at radius 3 is 1.30 bits per heavy atom. The first-order chi connectivity index (χ1) is 12.8. The van der Waals surface area contributed by atoms with Gasteiger partial charge in [0.25, 0.3) is 20.2 Å². The van der Waals surface area contributed by atoms with Crippen LogP contribution in [0.3, 0.4) is 0 Å². The predicted molar refractivity (Wildman–Crippen MR) is 102 cm³/mol. The van der Waals surface area contributed by atoms with E-state index in [1.165, 1.54) is 24.3 Å². The minimum atomic E-state index is -3.93. The van der Waals surface area contributed by atoms with Crippen molar-refractivity contribution in [3.8, 4) is 0 Å². The van der Waals surface area contributed by atoms with Crippen LogP contribution in [0.1, 0.15) is 33.1 Å². The van der Waals surface area contributed by atoms with Crippen molar-refractivity contribution in [2.24, 2.45) is 0 Å². The summed E-state index contributed by atoms with van der Waals surface area (Å²) < 4.78 is 60.2. The van der Waals surface area contributed by atoms with E-state index in [9.17, 15) is 16.8 Å². The van der Waals surface area contributed by atoms with E-state index in [4.69, 9.17) is 8.37 Å². The van der Waals surface area contributed by atoms with E-state index in [1.54, 1.807) is 50.2 Å². The Balaban J connectivity index is 2.09. The van der Waals surface area contributed by atoms with Crippen molar-refractivity contribution in [1.82, 2.24) is 0 Å². The lowest BCUT2D eigenvalue weighted by Crippen LogP contribution is -2.27. The van der Waals surface area contributed by atoms with E-state index in [0.717, 1.165) is 0 Å². The van der Waals surface area contributed by atoms with E-state index in [2.05, 4.69) is 0 Å². The summed E-state index contributed by atoms with van der Waals surface area (Å²) in [7, 11) is -7.85. The Bertz CT molecular complexity index is 832. The van der Waals surface area contributed by atoms with Gasteiger partial charge in [0.05, 0.1) is 22.0 Å². The van der Waals surface area contributed by atoms with Gasteiger partial charge in [-0.05, 0) is 37.1 Å². The zero-order valence-corrected chi connectivity index (χ0v) is 16.9. The molecule has 0 amide bonds. The average molecular weight is 413 g/mol. The first-order valence-corrected chi connectivity index (χ1v) is 11.6. The molecule has 2 unspecified atom stereocenters. The molecule has 8 heteroatoms. The fourth-order valence-electron chi connectivity index (χ4n) is 2.48. The highest BCUT2D eigenvalue weighted by atomic mass is 32.2. The van der Waals surface area contributed by atoms with Crippen molar-refractivity contribution in [3.63, 3.8) is 0 Å². The second-order valence-electron chi connectivity index (χ2n) is 6.02. The Morgan fingerprint density at radius 2 is 1.00 bits per heavy atom. The third-order valence-electron chi connectivity index (χ3n) is 4.03. The van der Waals surface area contributed by atoms with E-state index in [-0.39, 0.29) is 16.2 Å². The fourth-order valence-corrected chi connectivity index (χ4v) is 4.83. The van der Waals surface area contributed by atoms with Crippen LogP contribution in [0.5, 0.6) is 0 Å². The smallest absolute Gasteiger partial charge is 0.263 e. The number of benzene rings is 2. The van der Waals surface area contributed by atoms with Crippen LogP contribution in [0.4, 0.5) is 0 Å². The molecule has 0 radical (unpaired) electrons. The van der Waals surface area contributed by atoms with Crippen LogP contribution >= 0.6 is 0 Å². The molecule has 2 atom stereocenters. The average Bonchev–Trinajstić information content (AvgIpc) is 2.68. The SMILES string of the molecule is CCC(CC(CC)OS(=O)(=O)c1ccccc1)OS(=O)(=O)c1ccccc1. The lowest BCUT2D eigenvalue weighted by Gasteiger charge is -2.22. The fraction of sp³-hybridized carbons (Fsp3) is 0.368. The molecule has 0 aliphatic carbocycles. The van der Waals surface area contributed by atoms with Crippen molar-refractivity contribution in [1.29, 1.82) is 0 Å². The molecule has 2 aromatic carbocycles. The number of rotatable bonds is 10. The molecule has 6 nitrogen and oxygen atoms in total. The molecule has 0 heterocycles. The minimum absolute atomic E-state index is 0.0642. The van der Waals surface area contributed by atoms with Gasteiger partial charge < -0.3 is 0 Å². The molecule has 0 aliphatic heterocycles. The summed E-state index contributed by atoms with van der Waals surface area (Å²) in [5.74, 6) is 0. The maximum Gasteiger partial charge on any atom is 0.297 e. The lowest BCUT2D eigenvalue weighted by atomic mass is 10.1. The molecule has 0 N–H and O–H groups in total. The van der Waals surface area contributed by atoms with Gasteiger partial charge in [0, 0.05) is 6.42 Å². The molecule has 0 saturated carbocycles. The van der Waals surface area contributed by atoms with Gasteiger partial charge in [-0.2, -0.15) is 16.8 Å². The van der Waals surface area contributed by atoms with Gasteiger partial charge >= 0.3 is 0 Å². The van der Waals surface area contributed by atoms with E-state index in [0.29, 0.717) is 12.8 Å². The highest BCUT2D eigenvalue weighted by Crippen LogP contribution is 2.22. The standard InChI is InChI=1S/C19H24O6S2/c1-3-16(24-26(20,21)18-11-7-5-8-12-18)15-17(4-2)25-27(22,23)19-13-9-6-10-14-19/h5-14,16-17H,3-4,15H2,1-2H3. The molecule has 0 spiro atoms. The largest absolute Gasteiger partial charge is 0.297 e. The molecule has 0 saturated heterocycles. The Labute approximate surface area is 161 Å². The summed E-state index contributed by atoms with van der Waals surface area (Å²) in [6.07, 6.45) is -0.433. The molecule has 27 heavy (non-hydrogen) atoms. The zero-order valence-electron chi connectivity index (χ0n) is 15.3. The van der Waals surface area contributed by atoms with Crippen LogP contribution in [0.25, 0.3) is 0 Å². The van der Waals surface area contributed by atoms with Gasteiger partial charge in [-0.25, -0.2) is 0 Å². The number of hydrogen-bond acceptors (Lipinski definition) is 6. The molecule has 0 aromatic heterocycles. The van der Waals surface area contributed by atoms with Crippen LogP contribution in [-0.4, -0.2) is 29.0 Å². The van der Waals surface area contributed by atoms with Crippen molar-refractivity contribution >= 4 is 20.2 Å². The van der Waals surface area contributed by atoms with E-state index in [1.807, 2.05) is 0 Å². The topological polar surface area (TPSA) is 86.7 Å². The Morgan fingerprint density at radius 1 is 0.667 bits per heavy atom. The molecule has 148 valence electrons. The monoisotopic (exact) mass is 412 g/mol. The summed E-state index contributed by atoms with van der Waals surface area (Å²) in [4.78, 5) is 0.128. The lowest BCUT2D eigenvalue weighted by molar-refractivity contribution is 0.114. The minimum Gasteiger partial charge on any atom is -0.263 e. The van der Waals surface area contributed by atoms with Gasteiger partial charge in [-0.3, -0.25) is 8.37 Å². The summed E-state index contributed by atoms with van der Waals surface area (Å²) in [5, 5.41) is 0. The van der Waals surface area contributed by atoms with Crippen molar-refractivity contribution in [3.05, 3.63) is 60.7 Å². The summed E-state index contributed by atoms with van der Waals surface area (Å²) in [6, 6.07) is 15.7. The second-order valence-corrected chi connectivity index (χ2v) is 9.17. The molecule has 0 bridgehead atoms. The van der Waals surface area contributed by atoms with Crippen LogP contribution < -0.4 is 0 Å². The van der Waals surface area contributed by atoms with Gasteiger partial charge in [-0.1, -0.05) is 50.2 Å². The molecule has 2 rings (SSSR count). The maximum atomic E-state index is 12.4. The summed E-state index contributed by atoms with van der Waals surface area (Å²) >= 11 is 0. The zero-order chi connectivity index (χ0) is 19.9. The van der Waals surface area contributed by atoms with Crippen molar-refractivity contribution in [2.45, 2.75) is 55.1 Å². The Kier molecular flexibility index (Phi) is 7.55. The van der Waals surface area contributed by atoms with Crippen molar-refractivity contribution in [2.75, 3.05) is 0 Å². The Hall–Kier alpha value is -1.74. The summed E-state index contributed by atoms with van der Waals surface area (Å²) in [5.41, 5.74) is 0. The van der Waals surface area contributed by atoms with Crippen molar-refractivity contribution < 1.29 is 25.2 Å². The second kappa shape index (κ2) is 9.45. The van der Waals surface area contributed by atoms with E-state index < -0.39 is 32.4 Å². The molecular formula is C19H24O6S2. The first kappa shape index (κ1) is 21.6. The third-order valence-corrected chi connectivity index (χ3v) is 6.78. The third kappa shape index (κ3) is 6.14. The van der Waals surface area contributed by atoms with Gasteiger partial charge in [-0.15, -0.1) is 0 Å². The highest BCUT2D eigenvalue weighted by Gasteiger charge is 2.27. The normalized spacial score (nSPS) is 14.6. The van der Waals surface area contributed by atoms with Gasteiger partial charge in [0.15, 0.2) is 0 Å². The first-order valence-electron chi connectivity index (χ1n) is 8.75. The molecule has 0 aliphatic rings. The molecular weight excluding hydrogens is 388 g/mol. The summed E-state index contributed by atoms with van der Waals surface area (Å²) in [6.45, 7) is 3.56. The highest BCUT2D eigenvalue weighted by molar-refractivity contribution is 7.87. The predicted octanol–water partition coefficient (Wildman–Crippen LogP) is 3.74.